The quantitative estimate of drug-likeness (QED) is 0.141. The molecule has 0 unspecified atom stereocenters. The van der Waals surface area contributed by atoms with Crippen molar-refractivity contribution >= 4 is 17.6 Å². The van der Waals surface area contributed by atoms with Crippen LogP contribution in [0.15, 0.2) is 76.9 Å². The van der Waals surface area contributed by atoms with Crippen molar-refractivity contribution in [2.24, 2.45) is 5.41 Å². The number of amides is 1. The highest BCUT2D eigenvalue weighted by atomic mass is 16.5. The Labute approximate surface area is 203 Å². The Balaban J connectivity index is 2.03. The van der Waals surface area contributed by atoms with E-state index in [9.17, 15) is 14.7 Å². The standard InChI is InChI=1S/C29H37NO4/c1-7-28(33)34-26-19-23(31)14-16-25(26)30-27(32)18-21(3)11-8-10-20(2)13-15-24-22(4)12-9-17-29(24,5)6/h8,10-11,13-16,18-19,31H,7,9,12,17H2,1-6H3,(H,30,32). The molecule has 0 saturated carbocycles. The minimum absolute atomic E-state index is 0.0544. The number of esters is 1. The van der Waals surface area contributed by atoms with Gasteiger partial charge in [0.15, 0.2) is 5.75 Å². The number of hydrogen-bond acceptors (Lipinski definition) is 4. The van der Waals surface area contributed by atoms with Crippen LogP contribution in [0.2, 0.25) is 0 Å². The van der Waals surface area contributed by atoms with Gasteiger partial charge in [0.05, 0.1) is 5.69 Å². The molecule has 0 radical (unpaired) electrons. The van der Waals surface area contributed by atoms with Gasteiger partial charge >= 0.3 is 5.97 Å². The van der Waals surface area contributed by atoms with Crippen molar-refractivity contribution in [3.63, 3.8) is 0 Å². The van der Waals surface area contributed by atoms with Gasteiger partial charge in [0.2, 0.25) is 5.91 Å². The maximum absolute atomic E-state index is 12.4. The highest BCUT2D eigenvalue weighted by molar-refractivity contribution is 6.01. The molecule has 5 nitrogen and oxygen atoms in total. The van der Waals surface area contributed by atoms with Gasteiger partial charge in [-0.25, -0.2) is 0 Å². The number of phenolic OH excluding ortho intramolecular Hbond substituents is 1. The van der Waals surface area contributed by atoms with Crippen LogP contribution < -0.4 is 10.1 Å². The van der Waals surface area contributed by atoms with E-state index in [4.69, 9.17) is 4.74 Å². The third kappa shape index (κ3) is 8.22. The lowest BCUT2D eigenvalue weighted by Crippen LogP contribution is -2.19. The number of hydrogen-bond donors (Lipinski definition) is 2. The summed E-state index contributed by atoms with van der Waals surface area (Å²) in [7, 11) is 0. The van der Waals surface area contributed by atoms with Crippen molar-refractivity contribution in [3.8, 4) is 11.5 Å². The second-order valence-corrected chi connectivity index (χ2v) is 9.42. The fourth-order valence-electron chi connectivity index (χ4n) is 3.95. The van der Waals surface area contributed by atoms with E-state index in [1.54, 1.807) is 6.92 Å². The summed E-state index contributed by atoms with van der Waals surface area (Å²) in [5.41, 5.74) is 5.33. The fourth-order valence-corrected chi connectivity index (χ4v) is 3.95. The van der Waals surface area contributed by atoms with Crippen LogP contribution in [0.3, 0.4) is 0 Å². The zero-order chi connectivity index (χ0) is 25.3. The minimum atomic E-state index is -0.453. The smallest absolute Gasteiger partial charge is 0.310 e. The summed E-state index contributed by atoms with van der Waals surface area (Å²) in [6.07, 6.45) is 15.5. The van der Waals surface area contributed by atoms with Gasteiger partial charge in [0.1, 0.15) is 5.75 Å². The van der Waals surface area contributed by atoms with E-state index in [1.807, 2.05) is 25.2 Å². The Bertz CT molecular complexity index is 1070. The van der Waals surface area contributed by atoms with Crippen LogP contribution in [0.4, 0.5) is 5.69 Å². The highest BCUT2D eigenvalue weighted by Gasteiger charge is 2.26. The van der Waals surface area contributed by atoms with Crippen LogP contribution in [-0.4, -0.2) is 17.0 Å². The Hall–Kier alpha value is -3.34. The van der Waals surface area contributed by atoms with Crippen LogP contribution in [-0.2, 0) is 9.59 Å². The third-order valence-corrected chi connectivity index (χ3v) is 5.87. The largest absolute Gasteiger partial charge is 0.508 e. The van der Waals surface area contributed by atoms with Crippen LogP contribution >= 0.6 is 0 Å². The van der Waals surface area contributed by atoms with Crippen molar-refractivity contribution in [3.05, 3.63) is 76.9 Å². The van der Waals surface area contributed by atoms with E-state index in [0.29, 0.717) is 5.69 Å². The third-order valence-electron chi connectivity index (χ3n) is 5.87. The monoisotopic (exact) mass is 463 g/mol. The van der Waals surface area contributed by atoms with E-state index in [1.165, 1.54) is 54.7 Å². The Kier molecular flexibility index (Phi) is 9.67. The number of carbonyl (C=O) groups excluding carboxylic acids is 2. The molecule has 34 heavy (non-hydrogen) atoms. The predicted molar refractivity (Wildman–Crippen MR) is 139 cm³/mol. The molecule has 0 fully saturated rings. The van der Waals surface area contributed by atoms with Crippen molar-refractivity contribution in [2.45, 2.75) is 67.2 Å². The number of aromatic hydroxyl groups is 1. The maximum atomic E-state index is 12.4. The summed E-state index contributed by atoms with van der Waals surface area (Å²) >= 11 is 0. The number of anilines is 1. The average Bonchev–Trinajstić information content (AvgIpc) is 2.74. The lowest BCUT2D eigenvalue weighted by Gasteiger charge is -2.32. The molecule has 1 amide bonds. The molecule has 0 heterocycles. The normalized spacial score (nSPS) is 16.9. The van der Waals surface area contributed by atoms with Gasteiger partial charge in [0, 0.05) is 18.6 Å². The molecule has 0 aromatic heterocycles. The molecule has 5 heteroatoms. The Morgan fingerprint density at radius 2 is 1.91 bits per heavy atom. The molecular formula is C29H37NO4. The SMILES string of the molecule is CCC(=O)Oc1cc(O)ccc1NC(=O)C=C(C)C=CC=C(C)C=CC1=C(C)CCCC1(C)C. The molecule has 182 valence electrons. The second kappa shape index (κ2) is 12.2. The number of nitrogens with one attached hydrogen (secondary N) is 1. The van der Waals surface area contributed by atoms with Crippen molar-refractivity contribution in [1.29, 1.82) is 0 Å². The molecule has 0 saturated heterocycles. The van der Waals surface area contributed by atoms with Gasteiger partial charge in [-0.1, -0.05) is 62.3 Å². The fraction of sp³-hybridized carbons (Fsp3) is 0.379. The van der Waals surface area contributed by atoms with E-state index in [-0.39, 0.29) is 29.2 Å². The summed E-state index contributed by atoms with van der Waals surface area (Å²) in [4.78, 5) is 24.0. The van der Waals surface area contributed by atoms with Crippen LogP contribution in [0.25, 0.3) is 0 Å². The van der Waals surface area contributed by atoms with Crippen LogP contribution in [0, 0.1) is 5.41 Å². The Morgan fingerprint density at radius 1 is 1.18 bits per heavy atom. The van der Waals surface area contributed by atoms with Crippen molar-refractivity contribution in [1.82, 2.24) is 0 Å². The summed E-state index contributed by atoms with van der Waals surface area (Å²) in [6.45, 7) is 12.4. The van der Waals surface area contributed by atoms with Crippen molar-refractivity contribution in [2.75, 3.05) is 5.32 Å². The number of ether oxygens (including phenoxy) is 1. The number of rotatable bonds is 8. The lowest BCUT2D eigenvalue weighted by atomic mass is 9.72. The van der Waals surface area contributed by atoms with Gasteiger partial charge < -0.3 is 15.2 Å². The first-order chi connectivity index (χ1) is 16.0. The molecule has 0 aliphatic heterocycles. The first-order valence-electron chi connectivity index (χ1n) is 11.8. The van der Waals surface area contributed by atoms with Gasteiger partial charge in [-0.15, -0.1) is 0 Å². The number of carbonyl (C=O) groups is 2. The predicted octanol–water partition coefficient (Wildman–Crippen LogP) is 7.18. The summed E-state index contributed by atoms with van der Waals surface area (Å²) in [5, 5.41) is 12.4. The zero-order valence-electron chi connectivity index (χ0n) is 21.2. The number of allylic oxidation sites excluding steroid dienone is 9. The second-order valence-electron chi connectivity index (χ2n) is 9.42. The first kappa shape index (κ1) is 26.9. The Morgan fingerprint density at radius 3 is 2.59 bits per heavy atom. The molecule has 2 rings (SSSR count). The highest BCUT2D eigenvalue weighted by Crippen LogP contribution is 2.40. The molecule has 0 spiro atoms. The maximum Gasteiger partial charge on any atom is 0.310 e. The van der Waals surface area contributed by atoms with Crippen LogP contribution in [0.5, 0.6) is 11.5 Å². The minimum Gasteiger partial charge on any atom is -0.508 e. The zero-order valence-corrected chi connectivity index (χ0v) is 21.2. The summed E-state index contributed by atoms with van der Waals surface area (Å²) in [6, 6.07) is 4.21. The molecule has 1 aliphatic carbocycles. The van der Waals surface area contributed by atoms with Crippen LogP contribution in [0.1, 0.15) is 67.2 Å². The summed E-state index contributed by atoms with van der Waals surface area (Å²) < 4.78 is 5.19. The van der Waals surface area contributed by atoms with E-state index >= 15 is 0 Å². The van der Waals surface area contributed by atoms with Gasteiger partial charge in [-0.3, -0.25) is 9.59 Å². The number of phenols is 1. The molecule has 0 atom stereocenters. The topological polar surface area (TPSA) is 75.6 Å². The van der Waals surface area contributed by atoms with Gasteiger partial charge in [0.25, 0.3) is 0 Å². The summed E-state index contributed by atoms with van der Waals surface area (Å²) in [5.74, 6) is -0.755. The number of benzene rings is 1. The lowest BCUT2D eigenvalue weighted by molar-refractivity contribution is -0.134. The van der Waals surface area contributed by atoms with E-state index in [2.05, 4.69) is 45.2 Å². The van der Waals surface area contributed by atoms with Gasteiger partial charge in [-0.05, 0) is 68.7 Å². The van der Waals surface area contributed by atoms with Gasteiger partial charge in [-0.2, -0.15) is 0 Å². The molecule has 0 bridgehead atoms. The molecule has 1 aliphatic rings. The van der Waals surface area contributed by atoms with E-state index in [0.717, 1.165) is 11.1 Å². The molecule has 1 aromatic rings. The molecule has 1 aromatic carbocycles. The van der Waals surface area contributed by atoms with Crippen molar-refractivity contribution < 1.29 is 19.4 Å². The molecule has 2 N–H and O–H groups in total. The molecular weight excluding hydrogens is 426 g/mol. The average molecular weight is 464 g/mol. The first-order valence-corrected chi connectivity index (χ1v) is 11.8. The van der Waals surface area contributed by atoms with E-state index < -0.39 is 5.97 Å².